The molecule has 0 amide bonds. The number of nitro groups is 1. The second-order valence-electron chi connectivity index (χ2n) is 5.62. The SMILES string of the molecule is CCOc1cccc(NC2CCCC(CC)C2)c1[N+](=O)[O-]. The number of rotatable bonds is 6. The molecule has 1 aromatic rings. The molecule has 0 bridgehead atoms. The van der Waals surface area contributed by atoms with Gasteiger partial charge in [0.25, 0.3) is 0 Å². The van der Waals surface area contributed by atoms with Crippen LogP contribution in [0.25, 0.3) is 0 Å². The fourth-order valence-electron chi connectivity index (χ4n) is 3.11. The summed E-state index contributed by atoms with van der Waals surface area (Å²) in [7, 11) is 0. The molecule has 0 spiro atoms. The minimum Gasteiger partial charge on any atom is -0.487 e. The van der Waals surface area contributed by atoms with E-state index in [-0.39, 0.29) is 10.6 Å². The number of benzene rings is 1. The quantitative estimate of drug-likeness (QED) is 0.624. The van der Waals surface area contributed by atoms with Gasteiger partial charge in [-0.05, 0) is 37.8 Å². The number of nitrogens with zero attached hydrogens (tertiary/aromatic N) is 1. The molecule has 5 heteroatoms. The minimum absolute atomic E-state index is 0.0537. The summed E-state index contributed by atoms with van der Waals surface area (Å²) in [5.41, 5.74) is 0.630. The van der Waals surface area contributed by atoms with Crippen LogP contribution in [0.1, 0.15) is 46.0 Å². The predicted molar refractivity (Wildman–Crippen MR) is 83.9 cm³/mol. The van der Waals surface area contributed by atoms with Crippen molar-refractivity contribution >= 4 is 11.4 Å². The molecule has 0 aromatic heterocycles. The van der Waals surface area contributed by atoms with E-state index in [1.807, 2.05) is 6.92 Å². The van der Waals surface area contributed by atoms with Gasteiger partial charge >= 0.3 is 5.69 Å². The van der Waals surface area contributed by atoms with Gasteiger partial charge in [0.05, 0.1) is 11.5 Å². The van der Waals surface area contributed by atoms with Crippen molar-refractivity contribution in [1.29, 1.82) is 0 Å². The van der Waals surface area contributed by atoms with Gasteiger partial charge in [0.2, 0.25) is 0 Å². The Kier molecular flexibility index (Phi) is 5.42. The van der Waals surface area contributed by atoms with Crippen LogP contribution in [-0.2, 0) is 0 Å². The fourth-order valence-corrected chi connectivity index (χ4v) is 3.11. The smallest absolute Gasteiger partial charge is 0.333 e. The molecule has 0 radical (unpaired) electrons. The third kappa shape index (κ3) is 3.86. The Balaban J connectivity index is 2.19. The fraction of sp³-hybridized carbons (Fsp3) is 0.625. The van der Waals surface area contributed by atoms with E-state index >= 15 is 0 Å². The lowest BCUT2D eigenvalue weighted by atomic mass is 9.84. The van der Waals surface area contributed by atoms with Crippen molar-refractivity contribution in [2.75, 3.05) is 11.9 Å². The van der Waals surface area contributed by atoms with E-state index in [9.17, 15) is 10.1 Å². The van der Waals surface area contributed by atoms with E-state index in [0.717, 1.165) is 18.8 Å². The summed E-state index contributed by atoms with van der Waals surface area (Å²) >= 11 is 0. The molecule has 1 aliphatic carbocycles. The van der Waals surface area contributed by atoms with Crippen LogP contribution in [0.15, 0.2) is 18.2 Å². The lowest BCUT2D eigenvalue weighted by Gasteiger charge is -2.29. The standard InChI is InChI=1S/C16H24N2O3/c1-3-12-7-5-8-13(11-12)17-14-9-6-10-15(21-4-2)16(14)18(19)20/h6,9-10,12-13,17H,3-5,7-8,11H2,1-2H3. The average molecular weight is 292 g/mol. The number of para-hydroxylation sites is 1. The monoisotopic (exact) mass is 292 g/mol. The molecule has 2 unspecified atom stereocenters. The van der Waals surface area contributed by atoms with Crippen LogP contribution in [0.3, 0.4) is 0 Å². The zero-order valence-electron chi connectivity index (χ0n) is 12.8. The van der Waals surface area contributed by atoms with Gasteiger partial charge in [0.1, 0.15) is 5.69 Å². The van der Waals surface area contributed by atoms with Crippen LogP contribution in [-0.4, -0.2) is 17.6 Å². The molecule has 5 nitrogen and oxygen atoms in total. The Morgan fingerprint density at radius 3 is 2.86 bits per heavy atom. The normalized spacial score (nSPS) is 21.8. The summed E-state index contributed by atoms with van der Waals surface area (Å²) < 4.78 is 5.39. The van der Waals surface area contributed by atoms with Gasteiger partial charge in [-0.2, -0.15) is 0 Å². The molecule has 116 valence electrons. The van der Waals surface area contributed by atoms with Crippen molar-refractivity contribution in [3.8, 4) is 5.75 Å². The van der Waals surface area contributed by atoms with Crippen molar-refractivity contribution in [1.82, 2.24) is 0 Å². The van der Waals surface area contributed by atoms with Crippen LogP contribution in [0, 0.1) is 16.0 Å². The van der Waals surface area contributed by atoms with Crippen LogP contribution in [0.2, 0.25) is 0 Å². The lowest BCUT2D eigenvalue weighted by molar-refractivity contribution is -0.385. The van der Waals surface area contributed by atoms with E-state index < -0.39 is 0 Å². The highest BCUT2D eigenvalue weighted by atomic mass is 16.6. The van der Waals surface area contributed by atoms with Crippen molar-refractivity contribution in [3.05, 3.63) is 28.3 Å². The van der Waals surface area contributed by atoms with Crippen molar-refractivity contribution in [3.63, 3.8) is 0 Å². The zero-order chi connectivity index (χ0) is 15.2. The Morgan fingerprint density at radius 2 is 2.19 bits per heavy atom. The molecule has 1 aromatic carbocycles. The van der Waals surface area contributed by atoms with Crippen LogP contribution >= 0.6 is 0 Å². The third-order valence-electron chi connectivity index (χ3n) is 4.20. The Bertz CT molecular complexity index is 490. The summed E-state index contributed by atoms with van der Waals surface area (Å²) in [4.78, 5) is 11.0. The van der Waals surface area contributed by atoms with Gasteiger partial charge in [0.15, 0.2) is 5.75 Å². The molecule has 1 aliphatic rings. The Labute approximate surface area is 125 Å². The highest BCUT2D eigenvalue weighted by molar-refractivity contribution is 5.68. The summed E-state index contributed by atoms with van der Waals surface area (Å²) in [6.45, 7) is 4.47. The summed E-state index contributed by atoms with van der Waals surface area (Å²) in [5, 5.41) is 14.7. The topological polar surface area (TPSA) is 64.4 Å². The largest absolute Gasteiger partial charge is 0.487 e. The molecule has 1 fully saturated rings. The van der Waals surface area contributed by atoms with Crippen molar-refractivity contribution in [2.24, 2.45) is 5.92 Å². The van der Waals surface area contributed by atoms with Crippen molar-refractivity contribution in [2.45, 2.75) is 52.0 Å². The van der Waals surface area contributed by atoms with Crippen LogP contribution < -0.4 is 10.1 Å². The van der Waals surface area contributed by atoms with Crippen LogP contribution in [0.5, 0.6) is 5.75 Å². The van der Waals surface area contributed by atoms with Crippen LogP contribution in [0.4, 0.5) is 11.4 Å². The zero-order valence-corrected chi connectivity index (χ0v) is 12.8. The highest BCUT2D eigenvalue weighted by Gasteiger charge is 2.25. The maximum atomic E-state index is 11.4. The van der Waals surface area contributed by atoms with Gasteiger partial charge in [-0.25, -0.2) is 0 Å². The first-order valence-corrected chi connectivity index (χ1v) is 7.82. The van der Waals surface area contributed by atoms with E-state index in [1.165, 1.54) is 19.3 Å². The van der Waals surface area contributed by atoms with Gasteiger partial charge in [-0.15, -0.1) is 0 Å². The maximum Gasteiger partial charge on any atom is 0.333 e. The maximum absolute atomic E-state index is 11.4. The second-order valence-corrected chi connectivity index (χ2v) is 5.62. The number of hydrogen-bond acceptors (Lipinski definition) is 4. The van der Waals surface area contributed by atoms with Crippen molar-refractivity contribution < 1.29 is 9.66 Å². The molecule has 21 heavy (non-hydrogen) atoms. The van der Waals surface area contributed by atoms with Gasteiger partial charge in [-0.3, -0.25) is 10.1 Å². The first-order chi connectivity index (χ1) is 10.2. The molecule has 2 atom stereocenters. The average Bonchev–Trinajstić information content (AvgIpc) is 2.47. The third-order valence-corrected chi connectivity index (χ3v) is 4.20. The molecular weight excluding hydrogens is 268 g/mol. The molecule has 1 saturated carbocycles. The summed E-state index contributed by atoms with van der Waals surface area (Å²) in [6.07, 6.45) is 5.81. The van der Waals surface area contributed by atoms with E-state index in [4.69, 9.17) is 4.74 Å². The number of hydrogen-bond donors (Lipinski definition) is 1. The highest BCUT2D eigenvalue weighted by Crippen LogP contribution is 2.37. The molecular formula is C16H24N2O3. The number of ether oxygens (including phenoxy) is 1. The molecule has 0 heterocycles. The van der Waals surface area contributed by atoms with Gasteiger partial charge < -0.3 is 10.1 Å². The molecule has 1 N–H and O–H groups in total. The summed E-state index contributed by atoms with van der Waals surface area (Å²) in [6, 6.07) is 5.55. The number of nitro benzene ring substituents is 1. The predicted octanol–water partition coefficient (Wildman–Crippen LogP) is 4.37. The second kappa shape index (κ2) is 7.29. The lowest BCUT2D eigenvalue weighted by Crippen LogP contribution is -2.27. The van der Waals surface area contributed by atoms with Gasteiger partial charge in [0, 0.05) is 6.04 Å². The number of anilines is 1. The molecule has 0 aliphatic heterocycles. The first-order valence-electron chi connectivity index (χ1n) is 7.82. The molecule has 0 saturated heterocycles. The minimum atomic E-state index is -0.354. The first kappa shape index (κ1) is 15.6. The number of nitrogens with one attached hydrogen (secondary N) is 1. The Morgan fingerprint density at radius 1 is 1.38 bits per heavy atom. The van der Waals surface area contributed by atoms with E-state index in [0.29, 0.717) is 24.1 Å². The van der Waals surface area contributed by atoms with E-state index in [2.05, 4.69) is 12.2 Å². The summed E-state index contributed by atoms with van der Waals surface area (Å²) in [5.74, 6) is 1.07. The Hall–Kier alpha value is -1.78. The van der Waals surface area contributed by atoms with E-state index in [1.54, 1.807) is 18.2 Å². The molecule has 2 rings (SSSR count). The van der Waals surface area contributed by atoms with Gasteiger partial charge in [-0.1, -0.05) is 32.3 Å².